The molecule has 1 aliphatic rings. The van der Waals surface area contributed by atoms with E-state index in [1.54, 1.807) is 18.2 Å². The standard InChI is InChI=1S/C21H19ClF3N5O6S2/c22-13-2-1-12-7-17(37-15(12)8-13)38(34,35)29-5-6-30(16(31)10-29)19(36-20(33)21(23,24)25)18(32)27-4-3-14-9-26-11-28-14/h1-2,7-9,11,19H,3-6,10H2,(H,26,28)(H,27,32). The third-order valence-electron chi connectivity index (χ3n) is 5.48. The van der Waals surface area contributed by atoms with Crippen LogP contribution in [0.4, 0.5) is 13.2 Å². The number of nitrogens with zero attached hydrogens (tertiary/aromatic N) is 3. The number of fused-ring (bicyclic) bond motifs is 1. The molecule has 0 radical (unpaired) electrons. The number of imidazole rings is 1. The van der Waals surface area contributed by atoms with Crippen molar-refractivity contribution in [3.05, 3.63) is 47.5 Å². The third kappa shape index (κ3) is 6.09. The average molecular weight is 594 g/mol. The average Bonchev–Trinajstić information content (AvgIpc) is 3.52. The molecule has 4 rings (SSSR count). The smallest absolute Gasteiger partial charge is 0.425 e. The number of alkyl halides is 3. The summed E-state index contributed by atoms with van der Waals surface area (Å²) in [5.41, 5.74) is 0.618. The molecule has 204 valence electrons. The molecule has 1 aliphatic heterocycles. The molecule has 0 saturated carbocycles. The summed E-state index contributed by atoms with van der Waals surface area (Å²) in [7, 11) is -4.16. The predicted octanol–water partition coefficient (Wildman–Crippen LogP) is 1.90. The first-order chi connectivity index (χ1) is 17.9. The molecule has 3 heterocycles. The number of halogens is 4. The highest BCUT2D eigenvalue weighted by atomic mass is 35.5. The Bertz CT molecular complexity index is 1460. The van der Waals surface area contributed by atoms with Crippen LogP contribution in [-0.2, 0) is 35.6 Å². The van der Waals surface area contributed by atoms with E-state index < -0.39 is 53.3 Å². The molecule has 0 aliphatic carbocycles. The fraction of sp³-hybridized carbons (Fsp3) is 0.333. The molecule has 0 bridgehead atoms. The van der Waals surface area contributed by atoms with Crippen LogP contribution >= 0.6 is 22.9 Å². The summed E-state index contributed by atoms with van der Waals surface area (Å²) in [6.07, 6.45) is -4.58. The number of benzene rings is 1. The Balaban J connectivity index is 1.49. The van der Waals surface area contributed by atoms with Crippen LogP contribution in [-0.4, -0.2) is 84.0 Å². The van der Waals surface area contributed by atoms with Crippen molar-refractivity contribution in [2.45, 2.75) is 23.0 Å². The van der Waals surface area contributed by atoms with Crippen molar-refractivity contribution in [2.24, 2.45) is 0 Å². The maximum Gasteiger partial charge on any atom is 0.491 e. The second-order valence-corrected chi connectivity index (χ2v) is 11.7. The SMILES string of the molecule is O=C(NCCc1cnc[nH]1)C(OC(=O)C(F)(F)F)N1CCN(S(=O)(=O)c2cc3ccc(Cl)cc3s2)CC1=O. The summed E-state index contributed by atoms with van der Waals surface area (Å²) >= 11 is 6.90. The lowest BCUT2D eigenvalue weighted by atomic mass is 10.3. The van der Waals surface area contributed by atoms with Gasteiger partial charge in [0.1, 0.15) is 4.21 Å². The van der Waals surface area contributed by atoms with Crippen LogP contribution < -0.4 is 5.32 Å². The highest BCUT2D eigenvalue weighted by molar-refractivity contribution is 7.91. The van der Waals surface area contributed by atoms with Crippen LogP contribution in [0.25, 0.3) is 10.1 Å². The van der Waals surface area contributed by atoms with Crippen LogP contribution in [0.15, 0.2) is 41.0 Å². The number of aromatic nitrogens is 2. The van der Waals surface area contributed by atoms with Gasteiger partial charge in [-0.25, -0.2) is 18.2 Å². The second-order valence-electron chi connectivity index (χ2n) is 8.05. The zero-order valence-electron chi connectivity index (χ0n) is 19.2. The molecule has 1 saturated heterocycles. The normalized spacial score (nSPS) is 16.0. The van der Waals surface area contributed by atoms with Crippen molar-refractivity contribution < 1.29 is 40.7 Å². The van der Waals surface area contributed by atoms with Gasteiger partial charge in [-0.1, -0.05) is 17.7 Å². The predicted molar refractivity (Wildman–Crippen MR) is 129 cm³/mol. The molecule has 2 aromatic heterocycles. The summed E-state index contributed by atoms with van der Waals surface area (Å²) in [6, 6.07) is 6.25. The maximum atomic E-state index is 13.2. The molecule has 0 spiro atoms. The summed E-state index contributed by atoms with van der Waals surface area (Å²) in [4.78, 5) is 44.3. The van der Waals surface area contributed by atoms with Gasteiger partial charge in [0.2, 0.25) is 5.91 Å². The lowest BCUT2D eigenvalue weighted by molar-refractivity contribution is -0.214. The monoisotopic (exact) mass is 593 g/mol. The van der Waals surface area contributed by atoms with Crippen molar-refractivity contribution >= 4 is 60.8 Å². The largest absolute Gasteiger partial charge is 0.491 e. The number of H-pyrrole nitrogens is 1. The second kappa shape index (κ2) is 10.9. The van der Waals surface area contributed by atoms with Crippen molar-refractivity contribution in [1.29, 1.82) is 0 Å². The van der Waals surface area contributed by atoms with Gasteiger partial charge >= 0.3 is 12.1 Å². The van der Waals surface area contributed by atoms with E-state index in [1.807, 2.05) is 0 Å². The molecule has 1 aromatic carbocycles. The Morgan fingerprint density at radius 1 is 1.26 bits per heavy atom. The Morgan fingerprint density at radius 3 is 2.68 bits per heavy atom. The van der Waals surface area contributed by atoms with Crippen molar-refractivity contribution in [1.82, 2.24) is 24.5 Å². The quantitative estimate of drug-likeness (QED) is 0.380. The van der Waals surface area contributed by atoms with Gasteiger partial charge < -0.3 is 15.0 Å². The van der Waals surface area contributed by atoms with Crippen molar-refractivity contribution in [3.8, 4) is 0 Å². The van der Waals surface area contributed by atoms with Crippen LogP contribution in [0.3, 0.4) is 0 Å². The van der Waals surface area contributed by atoms with E-state index in [1.165, 1.54) is 18.6 Å². The van der Waals surface area contributed by atoms with Gasteiger partial charge in [0, 0.05) is 47.7 Å². The van der Waals surface area contributed by atoms with Crippen LogP contribution in [0, 0.1) is 0 Å². The zero-order valence-corrected chi connectivity index (χ0v) is 21.6. The minimum Gasteiger partial charge on any atom is -0.425 e. The number of carbonyl (C=O) groups excluding carboxylic acids is 3. The molecule has 2 amide bonds. The van der Waals surface area contributed by atoms with Crippen LogP contribution in [0.5, 0.6) is 0 Å². The summed E-state index contributed by atoms with van der Waals surface area (Å²) in [6.45, 7) is -1.71. The Kier molecular flexibility index (Phi) is 7.96. The Labute approximate surface area is 222 Å². The first-order valence-electron chi connectivity index (χ1n) is 10.9. The molecule has 1 fully saturated rings. The number of rotatable bonds is 8. The molecule has 1 unspecified atom stereocenters. The van der Waals surface area contributed by atoms with Crippen LogP contribution in [0.1, 0.15) is 5.69 Å². The highest BCUT2D eigenvalue weighted by Crippen LogP contribution is 2.33. The fourth-order valence-corrected chi connectivity index (χ4v) is 6.82. The number of hydrogen-bond donors (Lipinski definition) is 2. The number of sulfonamides is 1. The maximum absolute atomic E-state index is 13.2. The molecule has 3 aromatic rings. The molecule has 11 nitrogen and oxygen atoms in total. The molecular formula is C21H19ClF3N5O6S2. The van der Waals surface area contributed by atoms with Crippen molar-refractivity contribution in [3.63, 3.8) is 0 Å². The van der Waals surface area contributed by atoms with Gasteiger partial charge in [0.15, 0.2) is 0 Å². The number of esters is 1. The minimum absolute atomic E-state index is 0.0624. The van der Waals surface area contributed by atoms with Gasteiger partial charge in [0.25, 0.3) is 22.2 Å². The van der Waals surface area contributed by atoms with Gasteiger partial charge in [-0.15, -0.1) is 11.3 Å². The van der Waals surface area contributed by atoms with E-state index in [4.69, 9.17) is 11.6 Å². The third-order valence-corrected chi connectivity index (χ3v) is 9.11. The molecule has 1 atom stereocenters. The van der Waals surface area contributed by atoms with E-state index in [0.717, 1.165) is 15.6 Å². The number of carbonyl (C=O) groups is 3. The molecule has 38 heavy (non-hydrogen) atoms. The van der Waals surface area contributed by atoms with Gasteiger partial charge in [-0.3, -0.25) is 14.5 Å². The number of thiophene rings is 1. The summed E-state index contributed by atoms with van der Waals surface area (Å²) < 4.78 is 70.7. The Hall–Kier alpha value is -3.21. The van der Waals surface area contributed by atoms with Gasteiger partial charge in [-0.05, 0) is 23.6 Å². The minimum atomic E-state index is -5.42. The van der Waals surface area contributed by atoms with E-state index in [2.05, 4.69) is 20.0 Å². The molecule has 2 N–H and O–H groups in total. The topological polar surface area (TPSA) is 142 Å². The van der Waals surface area contributed by atoms with E-state index in [0.29, 0.717) is 25.7 Å². The lowest BCUT2D eigenvalue weighted by Gasteiger charge is -2.36. The first-order valence-corrected chi connectivity index (χ1v) is 13.5. The number of amides is 2. The van der Waals surface area contributed by atoms with Crippen LogP contribution in [0.2, 0.25) is 5.02 Å². The van der Waals surface area contributed by atoms with Crippen molar-refractivity contribution in [2.75, 3.05) is 26.2 Å². The fourth-order valence-electron chi connectivity index (χ4n) is 3.61. The summed E-state index contributed by atoms with van der Waals surface area (Å²) in [5.74, 6) is -4.86. The number of hydrogen-bond acceptors (Lipinski definition) is 8. The number of aromatic amines is 1. The summed E-state index contributed by atoms with van der Waals surface area (Å²) in [5, 5.41) is 3.35. The van der Waals surface area contributed by atoms with E-state index in [-0.39, 0.29) is 23.7 Å². The number of piperazine rings is 1. The molecular weight excluding hydrogens is 575 g/mol. The molecule has 17 heteroatoms. The van der Waals surface area contributed by atoms with Gasteiger partial charge in [0.05, 0.1) is 12.9 Å². The lowest BCUT2D eigenvalue weighted by Crippen LogP contribution is -2.60. The van der Waals surface area contributed by atoms with E-state index >= 15 is 0 Å². The zero-order chi connectivity index (χ0) is 27.7. The highest BCUT2D eigenvalue weighted by Gasteiger charge is 2.47. The van der Waals surface area contributed by atoms with E-state index in [9.17, 15) is 36.0 Å². The number of ether oxygens (including phenoxy) is 1. The number of nitrogens with one attached hydrogen (secondary N) is 2. The van der Waals surface area contributed by atoms with Gasteiger partial charge in [-0.2, -0.15) is 17.5 Å². The Morgan fingerprint density at radius 2 is 2.03 bits per heavy atom. The first kappa shape index (κ1) is 27.8.